The number of thiophene rings is 1. The van der Waals surface area contributed by atoms with E-state index in [1.165, 1.54) is 11.3 Å². The zero-order valence-corrected chi connectivity index (χ0v) is 16.7. The van der Waals surface area contributed by atoms with Crippen molar-refractivity contribution >= 4 is 58.4 Å². The van der Waals surface area contributed by atoms with Crippen LogP contribution in [0.25, 0.3) is 0 Å². The molecule has 0 aliphatic rings. The van der Waals surface area contributed by atoms with Gasteiger partial charge in [0.2, 0.25) is 0 Å². The SMILES string of the molecule is O=C(CSc1nnc(COc2ccc(Cl)cc2Cl)o1)N/N=C\c1cccs1. The van der Waals surface area contributed by atoms with Gasteiger partial charge in [0, 0.05) is 9.90 Å². The quantitative estimate of drug-likeness (QED) is 0.318. The number of aromatic nitrogens is 2. The molecule has 0 unspecified atom stereocenters. The largest absolute Gasteiger partial charge is 0.482 e. The Morgan fingerprint density at radius 2 is 2.26 bits per heavy atom. The Morgan fingerprint density at radius 3 is 3.04 bits per heavy atom. The van der Waals surface area contributed by atoms with Gasteiger partial charge < -0.3 is 9.15 Å². The van der Waals surface area contributed by atoms with Crippen LogP contribution in [-0.2, 0) is 11.4 Å². The Bertz CT molecular complexity index is 932. The molecule has 3 rings (SSSR count). The lowest BCUT2D eigenvalue weighted by Crippen LogP contribution is -2.19. The molecule has 0 atom stereocenters. The average Bonchev–Trinajstić information content (AvgIpc) is 3.31. The minimum atomic E-state index is -0.281. The molecule has 140 valence electrons. The van der Waals surface area contributed by atoms with E-state index in [1.807, 2.05) is 17.5 Å². The second-order valence-electron chi connectivity index (χ2n) is 4.92. The number of benzene rings is 1. The number of hydrogen-bond acceptors (Lipinski definition) is 8. The van der Waals surface area contributed by atoms with Crippen molar-refractivity contribution in [3.63, 3.8) is 0 Å². The van der Waals surface area contributed by atoms with Crippen LogP contribution in [0, 0.1) is 0 Å². The third-order valence-electron chi connectivity index (χ3n) is 2.94. The highest BCUT2D eigenvalue weighted by molar-refractivity contribution is 7.99. The third kappa shape index (κ3) is 6.24. The fourth-order valence-electron chi connectivity index (χ4n) is 1.78. The molecule has 3 aromatic rings. The van der Waals surface area contributed by atoms with Gasteiger partial charge in [-0.15, -0.1) is 21.5 Å². The van der Waals surface area contributed by atoms with Crippen LogP contribution >= 0.6 is 46.3 Å². The van der Waals surface area contributed by atoms with Gasteiger partial charge in [-0.05, 0) is 29.6 Å². The second kappa shape index (κ2) is 9.75. The number of amides is 1. The lowest BCUT2D eigenvalue weighted by Gasteiger charge is -2.05. The van der Waals surface area contributed by atoms with Crippen molar-refractivity contribution in [2.75, 3.05) is 5.75 Å². The lowest BCUT2D eigenvalue weighted by atomic mass is 10.3. The Hall–Kier alpha value is -2.07. The van der Waals surface area contributed by atoms with E-state index in [9.17, 15) is 4.79 Å². The van der Waals surface area contributed by atoms with Gasteiger partial charge in [0.05, 0.1) is 17.0 Å². The number of thioether (sulfide) groups is 1. The van der Waals surface area contributed by atoms with E-state index in [4.69, 9.17) is 32.4 Å². The first-order valence-electron chi connectivity index (χ1n) is 7.48. The van der Waals surface area contributed by atoms with Crippen LogP contribution in [0.15, 0.2) is 50.5 Å². The normalized spacial score (nSPS) is 11.0. The van der Waals surface area contributed by atoms with Crippen LogP contribution in [0.1, 0.15) is 10.8 Å². The summed E-state index contributed by atoms with van der Waals surface area (Å²) in [5.41, 5.74) is 2.43. The fraction of sp³-hybridized carbons (Fsp3) is 0.125. The van der Waals surface area contributed by atoms with Crippen LogP contribution in [0.4, 0.5) is 0 Å². The number of hydrazone groups is 1. The highest BCUT2D eigenvalue weighted by Crippen LogP contribution is 2.28. The van der Waals surface area contributed by atoms with E-state index in [-0.39, 0.29) is 29.4 Å². The predicted molar refractivity (Wildman–Crippen MR) is 106 cm³/mol. The Morgan fingerprint density at radius 1 is 1.37 bits per heavy atom. The van der Waals surface area contributed by atoms with Gasteiger partial charge >= 0.3 is 0 Å². The van der Waals surface area contributed by atoms with E-state index >= 15 is 0 Å². The summed E-state index contributed by atoms with van der Waals surface area (Å²) in [6.45, 7) is 0.0478. The molecule has 0 radical (unpaired) electrons. The average molecular weight is 443 g/mol. The molecule has 0 saturated carbocycles. The number of nitrogens with one attached hydrogen (secondary N) is 1. The van der Waals surface area contributed by atoms with Crippen molar-refractivity contribution in [2.45, 2.75) is 11.8 Å². The Labute approximate surface area is 172 Å². The molecule has 2 aromatic heterocycles. The number of carbonyl (C=O) groups excluding carboxylic acids is 1. The zero-order chi connectivity index (χ0) is 19.1. The number of hydrogen-bond donors (Lipinski definition) is 1. The second-order valence-corrected chi connectivity index (χ2v) is 7.67. The summed E-state index contributed by atoms with van der Waals surface area (Å²) < 4.78 is 10.9. The van der Waals surface area contributed by atoms with Gasteiger partial charge in [-0.2, -0.15) is 5.10 Å². The molecule has 0 fully saturated rings. The highest BCUT2D eigenvalue weighted by atomic mass is 35.5. The summed E-state index contributed by atoms with van der Waals surface area (Å²) in [5, 5.41) is 14.7. The van der Waals surface area contributed by atoms with Crippen molar-refractivity contribution < 1.29 is 13.9 Å². The van der Waals surface area contributed by atoms with Gasteiger partial charge in [0.1, 0.15) is 5.75 Å². The summed E-state index contributed by atoms with van der Waals surface area (Å²) >= 11 is 14.5. The summed E-state index contributed by atoms with van der Waals surface area (Å²) in [7, 11) is 0. The van der Waals surface area contributed by atoms with E-state index < -0.39 is 0 Å². The molecule has 0 spiro atoms. The molecule has 1 aromatic carbocycles. The molecule has 0 bridgehead atoms. The standard InChI is InChI=1S/C16H12Cl2N4O3S2/c17-10-3-4-13(12(18)6-10)24-8-15-21-22-16(25-15)27-9-14(23)20-19-7-11-2-1-5-26-11/h1-7H,8-9H2,(H,20,23)/b19-7-. The first-order valence-corrected chi connectivity index (χ1v) is 10.1. The molecule has 11 heteroatoms. The van der Waals surface area contributed by atoms with Crippen LogP contribution in [0.3, 0.4) is 0 Å². The first kappa shape index (κ1) is 19.7. The maximum absolute atomic E-state index is 11.7. The molecular weight excluding hydrogens is 431 g/mol. The highest BCUT2D eigenvalue weighted by Gasteiger charge is 2.11. The number of carbonyl (C=O) groups is 1. The minimum Gasteiger partial charge on any atom is -0.482 e. The predicted octanol–water partition coefficient (Wildman–Crippen LogP) is 4.26. The number of ether oxygens (including phenoxy) is 1. The van der Waals surface area contributed by atoms with Crippen molar-refractivity contribution in [2.24, 2.45) is 5.10 Å². The summed E-state index contributed by atoms with van der Waals surface area (Å²) in [5.74, 6) is 0.528. The van der Waals surface area contributed by atoms with Gasteiger partial charge in [-0.3, -0.25) is 4.79 Å². The van der Waals surface area contributed by atoms with Crippen LogP contribution in [-0.4, -0.2) is 28.1 Å². The van der Waals surface area contributed by atoms with Crippen LogP contribution < -0.4 is 10.2 Å². The topological polar surface area (TPSA) is 89.6 Å². The van der Waals surface area contributed by atoms with Crippen molar-refractivity contribution in [3.05, 3.63) is 56.5 Å². The Balaban J connectivity index is 1.43. The van der Waals surface area contributed by atoms with E-state index in [0.29, 0.717) is 15.8 Å². The number of halogens is 2. The smallest absolute Gasteiger partial charge is 0.277 e. The minimum absolute atomic E-state index is 0.0478. The van der Waals surface area contributed by atoms with Crippen LogP contribution in [0.2, 0.25) is 10.0 Å². The monoisotopic (exact) mass is 442 g/mol. The van der Waals surface area contributed by atoms with Gasteiger partial charge in [0.15, 0.2) is 6.61 Å². The first-order chi connectivity index (χ1) is 13.1. The third-order valence-corrected chi connectivity index (χ3v) is 5.10. The van der Waals surface area contributed by atoms with Gasteiger partial charge in [-0.1, -0.05) is 41.0 Å². The van der Waals surface area contributed by atoms with Crippen LogP contribution in [0.5, 0.6) is 5.75 Å². The number of nitrogens with zero attached hydrogens (tertiary/aromatic N) is 3. The maximum atomic E-state index is 11.7. The molecule has 0 aliphatic heterocycles. The maximum Gasteiger partial charge on any atom is 0.277 e. The molecule has 2 heterocycles. The van der Waals surface area contributed by atoms with E-state index in [0.717, 1.165) is 16.6 Å². The summed E-state index contributed by atoms with van der Waals surface area (Å²) in [6, 6.07) is 8.69. The Kier molecular flexibility index (Phi) is 7.11. The molecule has 0 saturated heterocycles. The van der Waals surface area contributed by atoms with Crippen molar-refractivity contribution in [1.82, 2.24) is 15.6 Å². The summed E-state index contributed by atoms with van der Waals surface area (Å²) in [4.78, 5) is 12.7. The number of rotatable bonds is 8. The molecule has 1 N–H and O–H groups in total. The van der Waals surface area contributed by atoms with Gasteiger partial charge in [0.25, 0.3) is 17.0 Å². The molecule has 7 nitrogen and oxygen atoms in total. The van der Waals surface area contributed by atoms with E-state index in [1.54, 1.807) is 24.4 Å². The molecule has 1 amide bonds. The lowest BCUT2D eigenvalue weighted by molar-refractivity contribution is -0.118. The van der Waals surface area contributed by atoms with Crippen molar-refractivity contribution in [3.8, 4) is 5.75 Å². The molecular formula is C16H12Cl2N4O3S2. The van der Waals surface area contributed by atoms with Gasteiger partial charge in [-0.25, -0.2) is 5.43 Å². The zero-order valence-electron chi connectivity index (χ0n) is 13.6. The molecule has 0 aliphatic carbocycles. The van der Waals surface area contributed by atoms with E-state index in [2.05, 4.69) is 20.7 Å². The molecule has 27 heavy (non-hydrogen) atoms. The van der Waals surface area contributed by atoms with Crippen molar-refractivity contribution in [1.29, 1.82) is 0 Å². The summed E-state index contributed by atoms with van der Waals surface area (Å²) in [6.07, 6.45) is 1.58. The fourth-order valence-corrected chi connectivity index (χ4v) is 3.40.